The third-order valence-corrected chi connectivity index (χ3v) is 2.49. The van der Waals surface area contributed by atoms with Gasteiger partial charge in [-0.25, -0.2) is 0 Å². The Morgan fingerprint density at radius 3 is 2.25 bits per heavy atom. The number of ether oxygens (including phenoxy) is 3. The molecule has 120 valence electrons. The van der Waals surface area contributed by atoms with Crippen LogP contribution in [0.5, 0.6) is 0 Å². The second-order valence-electron chi connectivity index (χ2n) is 4.18. The molecule has 0 aliphatic carbocycles. The molecule has 0 aromatic heterocycles. The van der Waals surface area contributed by atoms with Gasteiger partial charge in [-0.1, -0.05) is 0 Å². The first-order valence-corrected chi connectivity index (χ1v) is 7.12. The van der Waals surface area contributed by atoms with Crippen LogP contribution in [0, 0.1) is 0 Å². The van der Waals surface area contributed by atoms with Crippen LogP contribution in [0.2, 0.25) is 0 Å². The normalized spacial score (nSPS) is 10.7. The Balaban J connectivity index is 3.11. The van der Waals surface area contributed by atoms with Gasteiger partial charge in [0.25, 0.3) is 0 Å². The maximum absolute atomic E-state index is 11.4. The highest BCUT2D eigenvalue weighted by Gasteiger charge is 2.00. The van der Waals surface area contributed by atoms with Crippen LogP contribution < -0.4 is 11.1 Å². The summed E-state index contributed by atoms with van der Waals surface area (Å²) >= 11 is 0. The molecule has 0 heterocycles. The summed E-state index contributed by atoms with van der Waals surface area (Å²) in [5, 5.41) is 11.4. The van der Waals surface area contributed by atoms with Crippen molar-refractivity contribution in [3.63, 3.8) is 0 Å². The van der Waals surface area contributed by atoms with E-state index in [-0.39, 0.29) is 19.2 Å². The lowest BCUT2D eigenvalue weighted by Gasteiger charge is -2.07. The molecule has 0 bridgehead atoms. The van der Waals surface area contributed by atoms with Crippen molar-refractivity contribution >= 4 is 5.91 Å². The van der Waals surface area contributed by atoms with Crippen molar-refractivity contribution in [1.82, 2.24) is 5.32 Å². The van der Waals surface area contributed by atoms with Crippen LogP contribution in [0.3, 0.4) is 0 Å². The Morgan fingerprint density at radius 2 is 1.60 bits per heavy atom. The summed E-state index contributed by atoms with van der Waals surface area (Å²) in [6.07, 6.45) is 2.97. The molecule has 0 saturated carbocycles. The zero-order valence-electron chi connectivity index (χ0n) is 12.1. The quantitative estimate of drug-likeness (QED) is 0.281. The van der Waals surface area contributed by atoms with Gasteiger partial charge >= 0.3 is 0 Å². The first-order chi connectivity index (χ1) is 9.81. The van der Waals surface area contributed by atoms with Crippen molar-refractivity contribution < 1.29 is 24.1 Å². The number of aliphatic hydroxyl groups excluding tert-OH is 1. The minimum atomic E-state index is -0.00809. The predicted octanol–water partition coefficient (Wildman–Crippen LogP) is -0.379. The molecule has 0 atom stereocenters. The van der Waals surface area contributed by atoms with Gasteiger partial charge in [-0.3, -0.25) is 4.79 Å². The summed E-state index contributed by atoms with van der Waals surface area (Å²) in [6, 6.07) is 0. The first kappa shape index (κ1) is 19.3. The van der Waals surface area contributed by atoms with Gasteiger partial charge in [0, 0.05) is 19.6 Å². The molecule has 0 aliphatic rings. The van der Waals surface area contributed by atoms with Crippen molar-refractivity contribution in [2.24, 2.45) is 5.73 Å². The number of nitrogens with one attached hydrogen (secondary N) is 1. The topological polar surface area (TPSA) is 103 Å². The molecule has 7 nitrogen and oxygen atoms in total. The van der Waals surface area contributed by atoms with Gasteiger partial charge in [-0.05, 0) is 19.3 Å². The van der Waals surface area contributed by atoms with Gasteiger partial charge in [-0.2, -0.15) is 0 Å². The minimum Gasteiger partial charge on any atom is -0.396 e. The average molecular weight is 292 g/mol. The van der Waals surface area contributed by atoms with E-state index in [0.29, 0.717) is 46.0 Å². The van der Waals surface area contributed by atoms with Crippen molar-refractivity contribution in [2.75, 3.05) is 52.9 Å². The number of nitrogens with two attached hydrogens (primary N) is 1. The van der Waals surface area contributed by atoms with E-state index < -0.39 is 0 Å². The molecular weight excluding hydrogens is 264 g/mol. The lowest BCUT2D eigenvalue weighted by molar-refractivity contribution is -0.122. The molecule has 4 N–H and O–H groups in total. The standard InChI is InChI=1S/C13H28N2O5/c14-12-20-11-10-19-9-8-18-7-4-13(17)15-5-2-1-3-6-16/h16H,1-12,14H2,(H,15,17). The first-order valence-electron chi connectivity index (χ1n) is 7.12. The van der Waals surface area contributed by atoms with Gasteiger partial charge in [0.15, 0.2) is 0 Å². The number of aliphatic hydroxyl groups is 1. The number of carbonyl (C=O) groups is 1. The van der Waals surface area contributed by atoms with Crippen molar-refractivity contribution in [1.29, 1.82) is 0 Å². The molecule has 20 heavy (non-hydrogen) atoms. The fraction of sp³-hybridized carbons (Fsp3) is 0.923. The van der Waals surface area contributed by atoms with Crippen LogP contribution in [-0.4, -0.2) is 63.9 Å². The van der Waals surface area contributed by atoms with E-state index in [4.69, 9.17) is 25.1 Å². The zero-order valence-corrected chi connectivity index (χ0v) is 12.1. The maximum atomic E-state index is 11.4. The maximum Gasteiger partial charge on any atom is 0.222 e. The molecule has 0 radical (unpaired) electrons. The highest BCUT2D eigenvalue weighted by Crippen LogP contribution is 1.92. The van der Waals surface area contributed by atoms with E-state index in [9.17, 15) is 4.79 Å². The molecule has 0 rings (SSSR count). The minimum absolute atomic E-state index is 0.00809. The van der Waals surface area contributed by atoms with Gasteiger partial charge in [0.2, 0.25) is 5.91 Å². The number of amides is 1. The number of hydrogen-bond acceptors (Lipinski definition) is 6. The van der Waals surface area contributed by atoms with E-state index in [1.165, 1.54) is 0 Å². The smallest absolute Gasteiger partial charge is 0.222 e. The summed E-state index contributed by atoms with van der Waals surface area (Å²) < 4.78 is 15.4. The second kappa shape index (κ2) is 16.3. The van der Waals surface area contributed by atoms with Crippen LogP contribution in [0.1, 0.15) is 25.7 Å². The van der Waals surface area contributed by atoms with E-state index in [2.05, 4.69) is 5.32 Å². The monoisotopic (exact) mass is 292 g/mol. The SMILES string of the molecule is NCOCCOCCOCCC(=O)NCCCCCO. The Morgan fingerprint density at radius 1 is 0.950 bits per heavy atom. The third-order valence-electron chi connectivity index (χ3n) is 2.49. The van der Waals surface area contributed by atoms with Crippen LogP contribution >= 0.6 is 0 Å². The summed E-state index contributed by atoms with van der Waals surface area (Å²) in [7, 11) is 0. The number of hydrogen-bond donors (Lipinski definition) is 3. The number of unbranched alkanes of at least 4 members (excludes halogenated alkanes) is 2. The van der Waals surface area contributed by atoms with Crippen LogP contribution in [0.15, 0.2) is 0 Å². The largest absolute Gasteiger partial charge is 0.396 e. The van der Waals surface area contributed by atoms with Crippen LogP contribution in [0.25, 0.3) is 0 Å². The van der Waals surface area contributed by atoms with E-state index >= 15 is 0 Å². The summed E-state index contributed by atoms with van der Waals surface area (Å²) in [6.45, 7) is 3.39. The van der Waals surface area contributed by atoms with E-state index in [1.807, 2.05) is 0 Å². The Labute approximate surface area is 120 Å². The van der Waals surface area contributed by atoms with E-state index in [0.717, 1.165) is 19.3 Å². The molecule has 0 aliphatic heterocycles. The number of rotatable bonds is 15. The van der Waals surface area contributed by atoms with Gasteiger partial charge in [-0.15, -0.1) is 0 Å². The van der Waals surface area contributed by atoms with Gasteiger partial charge in [0.05, 0.1) is 39.8 Å². The van der Waals surface area contributed by atoms with Gasteiger partial charge < -0.3 is 30.4 Å². The molecule has 1 amide bonds. The summed E-state index contributed by atoms with van der Waals surface area (Å²) in [5.74, 6) is -0.00809. The lowest BCUT2D eigenvalue weighted by Crippen LogP contribution is -2.25. The fourth-order valence-corrected chi connectivity index (χ4v) is 1.42. The lowest BCUT2D eigenvalue weighted by atomic mass is 10.2. The Kier molecular flexibility index (Phi) is 15.7. The summed E-state index contributed by atoms with van der Waals surface area (Å²) in [4.78, 5) is 11.4. The van der Waals surface area contributed by atoms with Crippen molar-refractivity contribution in [3.8, 4) is 0 Å². The predicted molar refractivity (Wildman–Crippen MR) is 75.2 cm³/mol. The highest BCUT2D eigenvalue weighted by atomic mass is 16.5. The molecule has 0 saturated heterocycles. The fourth-order valence-electron chi connectivity index (χ4n) is 1.42. The van der Waals surface area contributed by atoms with Crippen molar-refractivity contribution in [3.05, 3.63) is 0 Å². The molecule has 0 aromatic rings. The highest BCUT2D eigenvalue weighted by molar-refractivity contribution is 5.75. The van der Waals surface area contributed by atoms with Crippen LogP contribution in [0.4, 0.5) is 0 Å². The summed E-state index contributed by atoms with van der Waals surface area (Å²) in [5.41, 5.74) is 5.14. The third kappa shape index (κ3) is 15.3. The second-order valence-corrected chi connectivity index (χ2v) is 4.18. The zero-order chi connectivity index (χ0) is 14.9. The van der Waals surface area contributed by atoms with Gasteiger partial charge in [0.1, 0.15) is 0 Å². The molecule has 0 aromatic carbocycles. The Hall–Kier alpha value is -0.730. The molecule has 0 fully saturated rings. The molecular formula is C13H28N2O5. The van der Waals surface area contributed by atoms with Crippen molar-refractivity contribution in [2.45, 2.75) is 25.7 Å². The number of carbonyl (C=O) groups excluding carboxylic acids is 1. The molecule has 7 heteroatoms. The average Bonchev–Trinajstić information content (AvgIpc) is 2.45. The molecule has 0 spiro atoms. The molecule has 0 unspecified atom stereocenters. The van der Waals surface area contributed by atoms with Crippen LogP contribution in [-0.2, 0) is 19.0 Å². The Bertz CT molecular complexity index is 217. The van der Waals surface area contributed by atoms with E-state index in [1.54, 1.807) is 0 Å².